The Balaban J connectivity index is 4.18. The maximum Gasteiger partial charge on any atom is 0.277 e. The van der Waals surface area contributed by atoms with E-state index in [1.54, 1.807) is 0 Å². The summed E-state index contributed by atoms with van der Waals surface area (Å²) in [4.78, 5) is 0. The zero-order valence-electron chi connectivity index (χ0n) is 9.58. The summed E-state index contributed by atoms with van der Waals surface area (Å²) in [7, 11) is -3.41. The zero-order chi connectivity index (χ0) is 11.9. The second-order valence-electron chi connectivity index (χ2n) is 3.88. The van der Waals surface area contributed by atoms with Crippen LogP contribution in [0.3, 0.4) is 0 Å². The molecule has 0 radical (unpaired) electrons. The van der Waals surface area contributed by atoms with Crippen molar-refractivity contribution < 1.29 is 8.42 Å². The van der Waals surface area contributed by atoms with Gasteiger partial charge in [-0.1, -0.05) is 20.8 Å². The molecule has 0 aromatic rings. The standard InChI is InChI=1S/C10H20N2O2S/c1-5-7-10(6-2)12-15(13,14)11-8-9(3)4/h1,9-12H,6-8H2,2-4H3. The molecular formula is C10H20N2O2S. The van der Waals surface area contributed by atoms with Gasteiger partial charge < -0.3 is 0 Å². The Labute approximate surface area is 93.0 Å². The van der Waals surface area contributed by atoms with E-state index in [-0.39, 0.29) is 12.0 Å². The van der Waals surface area contributed by atoms with Crippen LogP contribution in [0.2, 0.25) is 0 Å². The van der Waals surface area contributed by atoms with Gasteiger partial charge in [0.25, 0.3) is 10.2 Å². The highest BCUT2D eigenvalue weighted by Crippen LogP contribution is 1.98. The van der Waals surface area contributed by atoms with Gasteiger partial charge in [0.05, 0.1) is 0 Å². The first-order chi connectivity index (χ1) is 6.91. The lowest BCUT2D eigenvalue weighted by Crippen LogP contribution is -2.43. The van der Waals surface area contributed by atoms with Gasteiger partial charge in [-0.15, -0.1) is 12.3 Å². The monoisotopic (exact) mass is 232 g/mol. The molecule has 0 amide bonds. The molecule has 2 N–H and O–H groups in total. The SMILES string of the molecule is C#CCC(CC)NS(=O)(=O)NCC(C)C. The third kappa shape index (κ3) is 7.37. The Morgan fingerprint density at radius 1 is 1.40 bits per heavy atom. The molecule has 4 nitrogen and oxygen atoms in total. The summed E-state index contributed by atoms with van der Waals surface area (Å²) in [6.45, 7) is 6.22. The van der Waals surface area contributed by atoms with Crippen LogP contribution < -0.4 is 9.44 Å². The van der Waals surface area contributed by atoms with Gasteiger partial charge in [0.2, 0.25) is 0 Å². The normalized spacial score (nSPS) is 13.8. The molecule has 0 aromatic heterocycles. The third-order valence-corrected chi connectivity index (χ3v) is 3.05. The van der Waals surface area contributed by atoms with Crippen LogP contribution in [0.1, 0.15) is 33.6 Å². The Hall–Kier alpha value is -0.570. The predicted molar refractivity (Wildman–Crippen MR) is 62.4 cm³/mol. The first-order valence-electron chi connectivity index (χ1n) is 5.11. The Morgan fingerprint density at radius 2 is 2.00 bits per heavy atom. The second kappa shape index (κ2) is 6.83. The maximum absolute atomic E-state index is 11.5. The highest BCUT2D eigenvalue weighted by molar-refractivity contribution is 7.87. The van der Waals surface area contributed by atoms with Crippen molar-refractivity contribution in [3.63, 3.8) is 0 Å². The van der Waals surface area contributed by atoms with Crippen molar-refractivity contribution in [3.05, 3.63) is 0 Å². The second-order valence-corrected chi connectivity index (χ2v) is 5.41. The zero-order valence-corrected chi connectivity index (χ0v) is 10.4. The molecule has 5 heteroatoms. The Kier molecular flexibility index (Phi) is 6.57. The van der Waals surface area contributed by atoms with E-state index in [0.717, 1.165) is 0 Å². The number of hydrogen-bond acceptors (Lipinski definition) is 2. The van der Waals surface area contributed by atoms with E-state index in [9.17, 15) is 8.42 Å². The number of nitrogens with one attached hydrogen (secondary N) is 2. The van der Waals surface area contributed by atoms with Crippen LogP contribution in [0.4, 0.5) is 0 Å². The van der Waals surface area contributed by atoms with E-state index < -0.39 is 10.2 Å². The molecule has 1 atom stereocenters. The van der Waals surface area contributed by atoms with E-state index >= 15 is 0 Å². The molecule has 1 unspecified atom stereocenters. The van der Waals surface area contributed by atoms with Crippen molar-refractivity contribution in [1.82, 2.24) is 9.44 Å². The van der Waals surface area contributed by atoms with Crippen LogP contribution >= 0.6 is 0 Å². The first kappa shape index (κ1) is 14.4. The lowest BCUT2D eigenvalue weighted by Gasteiger charge is -2.15. The van der Waals surface area contributed by atoms with E-state index in [0.29, 0.717) is 19.4 Å². The fourth-order valence-corrected chi connectivity index (χ4v) is 2.27. The predicted octanol–water partition coefficient (Wildman–Crippen LogP) is 0.868. The van der Waals surface area contributed by atoms with Gasteiger partial charge in [-0.3, -0.25) is 0 Å². The highest BCUT2D eigenvalue weighted by Gasteiger charge is 2.15. The largest absolute Gasteiger partial charge is 0.277 e. The molecule has 0 aliphatic carbocycles. The van der Waals surface area contributed by atoms with E-state index in [1.807, 2.05) is 20.8 Å². The molecule has 0 heterocycles. The number of hydrogen-bond donors (Lipinski definition) is 2. The number of rotatable bonds is 7. The van der Waals surface area contributed by atoms with Crippen LogP contribution in [0.25, 0.3) is 0 Å². The summed E-state index contributed by atoms with van der Waals surface area (Å²) in [5.41, 5.74) is 0. The molecule has 0 saturated heterocycles. The molecule has 0 rings (SSSR count). The minimum absolute atomic E-state index is 0.181. The summed E-state index contributed by atoms with van der Waals surface area (Å²) < 4.78 is 28.0. The van der Waals surface area contributed by atoms with Gasteiger partial charge in [-0.05, 0) is 12.3 Å². The van der Waals surface area contributed by atoms with Crippen molar-refractivity contribution in [2.24, 2.45) is 5.92 Å². The van der Waals surface area contributed by atoms with Crippen LogP contribution in [0.5, 0.6) is 0 Å². The van der Waals surface area contributed by atoms with E-state index in [1.165, 1.54) is 0 Å². The third-order valence-electron chi connectivity index (χ3n) is 1.86. The molecule has 0 fully saturated rings. The molecule has 0 aliphatic rings. The smallest absolute Gasteiger partial charge is 0.202 e. The van der Waals surface area contributed by atoms with Crippen molar-refractivity contribution in [3.8, 4) is 12.3 Å². The molecule has 0 saturated carbocycles. The molecule has 88 valence electrons. The minimum Gasteiger partial charge on any atom is -0.202 e. The lowest BCUT2D eigenvalue weighted by molar-refractivity contribution is 0.520. The molecule has 0 bridgehead atoms. The van der Waals surface area contributed by atoms with Crippen LogP contribution in [-0.2, 0) is 10.2 Å². The van der Waals surface area contributed by atoms with Gasteiger partial charge in [0.1, 0.15) is 0 Å². The van der Waals surface area contributed by atoms with Gasteiger partial charge in [-0.2, -0.15) is 13.1 Å². The maximum atomic E-state index is 11.5. The summed E-state index contributed by atoms with van der Waals surface area (Å²) in [6, 6.07) is -0.181. The molecular weight excluding hydrogens is 212 g/mol. The van der Waals surface area contributed by atoms with Crippen LogP contribution in [0.15, 0.2) is 0 Å². The van der Waals surface area contributed by atoms with Crippen LogP contribution in [-0.4, -0.2) is 21.0 Å². The minimum atomic E-state index is -3.41. The van der Waals surface area contributed by atoms with Crippen LogP contribution in [0, 0.1) is 18.3 Å². The van der Waals surface area contributed by atoms with Crippen molar-refractivity contribution in [1.29, 1.82) is 0 Å². The fourth-order valence-electron chi connectivity index (χ4n) is 0.949. The quantitative estimate of drug-likeness (QED) is 0.640. The van der Waals surface area contributed by atoms with E-state index in [4.69, 9.17) is 6.42 Å². The fraction of sp³-hybridized carbons (Fsp3) is 0.800. The average Bonchev–Trinajstić information content (AvgIpc) is 2.14. The Bertz CT molecular complexity index is 304. The molecule has 0 aliphatic heterocycles. The first-order valence-corrected chi connectivity index (χ1v) is 6.60. The summed E-state index contributed by atoms with van der Waals surface area (Å²) in [5.74, 6) is 2.74. The Morgan fingerprint density at radius 3 is 2.40 bits per heavy atom. The van der Waals surface area contributed by atoms with Gasteiger partial charge in [0, 0.05) is 19.0 Å². The van der Waals surface area contributed by atoms with E-state index in [2.05, 4.69) is 15.4 Å². The van der Waals surface area contributed by atoms with Gasteiger partial charge in [0.15, 0.2) is 0 Å². The summed E-state index contributed by atoms with van der Waals surface area (Å²) >= 11 is 0. The highest BCUT2D eigenvalue weighted by atomic mass is 32.2. The van der Waals surface area contributed by atoms with Crippen molar-refractivity contribution in [2.45, 2.75) is 39.7 Å². The van der Waals surface area contributed by atoms with Gasteiger partial charge in [-0.25, -0.2) is 4.72 Å². The topological polar surface area (TPSA) is 58.2 Å². The molecule has 0 spiro atoms. The summed E-state index contributed by atoms with van der Waals surface area (Å²) in [5, 5.41) is 0. The average molecular weight is 232 g/mol. The lowest BCUT2D eigenvalue weighted by atomic mass is 10.2. The molecule has 15 heavy (non-hydrogen) atoms. The van der Waals surface area contributed by atoms with Gasteiger partial charge >= 0.3 is 0 Å². The number of terminal acetylenes is 1. The summed E-state index contributed by atoms with van der Waals surface area (Å²) in [6.07, 6.45) is 6.24. The van der Waals surface area contributed by atoms with Crippen molar-refractivity contribution >= 4 is 10.2 Å². The van der Waals surface area contributed by atoms with Crippen molar-refractivity contribution in [2.75, 3.05) is 6.54 Å². The molecule has 0 aromatic carbocycles.